The Hall–Kier alpha value is 1.36. The van der Waals surface area contributed by atoms with E-state index < -0.39 is 0 Å². The zero-order valence-electron chi connectivity index (χ0n) is 7.67. The van der Waals surface area contributed by atoms with Gasteiger partial charge in [0.25, 0.3) is 0 Å². The van der Waals surface area contributed by atoms with E-state index in [1.54, 1.807) is 0 Å². The molecule has 0 nitrogen and oxygen atoms in total. The minimum atomic E-state index is 0. The van der Waals surface area contributed by atoms with Crippen LogP contribution in [0.25, 0.3) is 0 Å². The Balaban J connectivity index is -0.0000000122. The van der Waals surface area contributed by atoms with Crippen molar-refractivity contribution in [2.24, 2.45) is 0 Å². The summed E-state index contributed by atoms with van der Waals surface area (Å²) in [4.78, 5) is 0. The van der Waals surface area contributed by atoms with Gasteiger partial charge in [-0.05, 0) is 19.5 Å². The maximum atomic E-state index is 2.99. The summed E-state index contributed by atoms with van der Waals surface area (Å²) >= 11 is 0. The molecule has 0 spiro atoms. The standard InChI is InChI=1S/C5H5.2CH3.2ClH.Hf.H4Si2/c1-2-4-5-3-1;;;;;;1-2/h1-3H,4H2;2*1H3;2*1H;;1-2H2/q3*-1;;;;. The van der Waals surface area contributed by atoms with E-state index in [2.05, 4.69) is 12.2 Å². The largest absolute Gasteiger partial charge is 0.358 e. The Morgan fingerprint density at radius 1 is 1.08 bits per heavy atom. The number of allylic oxidation sites excluding steroid dienone is 4. The molecule has 0 heterocycles. The Morgan fingerprint density at radius 2 is 1.50 bits per heavy atom. The smallest absolute Gasteiger partial charge is 0 e. The van der Waals surface area contributed by atoms with Crippen LogP contribution in [0.3, 0.4) is 0 Å². The molecule has 0 N–H and O–H groups in total. The molecular weight excluding hydrogens is 390 g/mol. The number of hydrogen-bond acceptors (Lipinski definition) is 0. The molecule has 0 saturated heterocycles. The van der Waals surface area contributed by atoms with Crippen LogP contribution in [0.4, 0.5) is 0 Å². The van der Waals surface area contributed by atoms with Gasteiger partial charge >= 0.3 is 0 Å². The van der Waals surface area contributed by atoms with Crippen LogP contribution in [0.2, 0.25) is 0 Å². The average molecular weight is 407 g/mol. The van der Waals surface area contributed by atoms with E-state index in [9.17, 15) is 0 Å². The quantitative estimate of drug-likeness (QED) is 0.419. The predicted molar refractivity (Wildman–Crippen MR) is 66.0 cm³/mol. The van der Waals surface area contributed by atoms with Crippen LogP contribution < -0.4 is 0 Å². The molecule has 74 valence electrons. The van der Waals surface area contributed by atoms with Crippen LogP contribution in [-0.4, -0.2) is 19.5 Å². The topological polar surface area (TPSA) is 0 Å². The second kappa shape index (κ2) is 39.4. The van der Waals surface area contributed by atoms with Crippen LogP contribution in [0, 0.1) is 20.9 Å². The van der Waals surface area contributed by atoms with Crippen LogP contribution in [0.15, 0.2) is 18.2 Å². The summed E-state index contributed by atoms with van der Waals surface area (Å²) in [6.45, 7) is 0. The summed E-state index contributed by atoms with van der Waals surface area (Å²) in [6.07, 6.45) is 10.0. The summed E-state index contributed by atoms with van der Waals surface area (Å²) in [5, 5.41) is 0. The molecular formula is C7H17Cl2HfSi2-3. The van der Waals surface area contributed by atoms with Crippen molar-refractivity contribution in [2.45, 2.75) is 6.42 Å². The van der Waals surface area contributed by atoms with Crippen molar-refractivity contribution in [3.8, 4) is 0 Å². The molecule has 5 heteroatoms. The first-order valence-electron chi connectivity index (χ1n) is 2.22. The molecule has 1 rings (SSSR count). The summed E-state index contributed by atoms with van der Waals surface area (Å²) in [7, 11) is 3.78. The van der Waals surface area contributed by atoms with Crippen molar-refractivity contribution in [1.29, 1.82) is 0 Å². The van der Waals surface area contributed by atoms with Crippen LogP contribution >= 0.6 is 24.8 Å². The van der Waals surface area contributed by atoms with Gasteiger partial charge in [-0.25, -0.2) is 12.2 Å². The first-order valence-corrected chi connectivity index (χ1v) is 6.22. The second-order valence-electron chi connectivity index (χ2n) is 1.00. The Morgan fingerprint density at radius 3 is 1.58 bits per heavy atom. The first-order chi connectivity index (χ1) is 3.50. The van der Waals surface area contributed by atoms with E-state index in [0.29, 0.717) is 0 Å². The van der Waals surface area contributed by atoms with E-state index in [-0.39, 0.29) is 65.5 Å². The maximum absolute atomic E-state index is 2.99. The van der Waals surface area contributed by atoms with Crippen molar-refractivity contribution in [2.75, 3.05) is 0 Å². The van der Waals surface area contributed by atoms with Crippen molar-refractivity contribution < 1.29 is 25.8 Å². The fourth-order valence-electron chi connectivity index (χ4n) is 0.340. The van der Waals surface area contributed by atoms with Gasteiger partial charge in [-0.3, -0.25) is 6.08 Å². The fraction of sp³-hybridized carbons (Fsp3) is 0.143. The second-order valence-corrected chi connectivity index (χ2v) is 1.00. The average Bonchev–Trinajstić information content (AvgIpc) is 2.23. The molecule has 1 aliphatic carbocycles. The van der Waals surface area contributed by atoms with Crippen molar-refractivity contribution in [1.82, 2.24) is 0 Å². The molecule has 0 fully saturated rings. The number of rotatable bonds is 0. The van der Waals surface area contributed by atoms with Gasteiger partial charge in [0.2, 0.25) is 0 Å². The van der Waals surface area contributed by atoms with Gasteiger partial charge < -0.3 is 14.9 Å². The summed E-state index contributed by atoms with van der Waals surface area (Å²) < 4.78 is 0. The van der Waals surface area contributed by atoms with Crippen molar-refractivity contribution >= 4 is 44.3 Å². The van der Waals surface area contributed by atoms with Gasteiger partial charge in [0.15, 0.2) is 0 Å². The summed E-state index contributed by atoms with van der Waals surface area (Å²) in [5.41, 5.74) is 0. The van der Waals surface area contributed by atoms with Crippen molar-refractivity contribution in [3.05, 3.63) is 39.2 Å². The first kappa shape index (κ1) is 37.7. The fourth-order valence-corrected chi connectivity index (χ4v) is 0.340. The van der Waals surface area contributed by atoms with E-state index in [4.69, 9.17) is 0 Å². The molecule has 0 unspecified atom stereocenters. The van der Waals surface area contributed by atoms with E-state index >= 15 is 0 Å². The summed E-state index contributed by atoms with van der Waals surface area (Å²) in [6, 6.07) is 0. The Kier molecular flexibility index (Phi) is 124. The van der Waals surface area contributed by atoms with Gasteiger partial charge in [-0.1, -0.05) is 0 Å². The molecule has 0 aliphatic heterocycles. The van der Waals surface area contributed by atoms with Crippen molar-refractivity contribution in [3.63, 3.8) is 0 Å². The molecule has 12 heavy (non-hydrogen) atoms. The third kappa shape index (κ3) is 30.1. The molecule has 1 aliphatic rings. The molecule has 0 aromatic rings. The normalized spacial score (nSPS) is 7.83. The Labute approximate surface area is 115 Å². The number of halogens is 2. The molecule has 0 amide bonds. The van der Waals surface area contributed by atoms with E-state index in [1.165, 1.54) is 0 Å². The minimum Gasteiger partial charge on any atom is -0.358 e. The molecule has 2 radical (unpaired) electrons. The van der Waals surface area contributed by atoms with Gasteiger partial charge in [0, 0.05) is 25.8 Å². The maximum Gasteiger partial charge on any atom is 0 e. The molecule has 0 aromatic carbocycles. The Bertz CT molecular complexity index is 77.5. The van der Waals surface area contributed by atoms with Crippen LogP contribution in [0.5, 0.6) is 0 Å². The zero-order valence-corrected chi connectivity index (χ0v) is 15.7. The number of hydrogen-bond donors (Lipinski definition) is 0. The van der Waals surface area contributed by atoms with Gasteiger partial charge in [0.05, 0.1) is 0 Å². The van der Waals surface area contributed by atoms with Gasteiger partial charge in [0.1, 0.15) is 0 Å². The van der Waals surface area contributed by atoms with Gasteiger partial charge in [-0.15, -0.1) is 31.2 Å². The van der Waals surface area contributed by atoms with E-state index in [0.717, 1.165) is 6.42 Å². The zero-order chi connectivity index (χ0) is 5.54. The minimum absolute atomic E-state index is 0. The van der Waals surface area contributed by atoms with Crippen LogP contribution in [-0.2, 0) is 25.8 Å². The third-order valence-electron chi connectivity index (χ3n) is 0.586. The molecule has 0 atom stereocenters. The van der Waals surface area contributed by atoms with E-state index in [1.807, 2.05) is 31.7 Å². The van der Waals surface area contributed by atoms with Crippen LogP contribution in [0.1, 0.15) is 6.42 Å². The monoisotopic (exact) mass is 407 g/mol. The third-order valence-corrected chi connectivity index (χ3v) is 0.586. The molecule has 0 bridgehead atoms. The molecule has 0 aromatic heterocycles. The molecule has 0 saturated carbocycles. The SMILES string of the molecule is Cl.Cl.[C-]1=CC=CC1.[CH3-].[CH3-].[Hf].[SiH2][SiH2]. The predicted octanol–water partition coefficient (Wildman–Crippen LogP) is 1.21. The van der Waals surface area contributed by atoms with Gasteiger partial charge in [-0.2, -0.15) is 6.08 Å². The summed E-state index contributed by atoms with van der Waals surface area (Å²) in [5.74, 6) is 0.